The molecule has 0 aromatic heterocycles. The fourth-order valence-electron chi connectivity index (χ4n) is 1.74. The van der Waals surface area contributed by atoms with E-state index in [0.717, 1.165) is 17.7 Å². The predicted octanol–water partition coefficient (Wildman–Crippen LogP) is 2.04. The maximum atomic E-state index is 10.1. The van der Waals surface area contributed by atoms with Crippen LogP contribution in [0.1, 0.15) is 31.1 Å². The first-order valence-electron chi connectivity index (χ1n) is 6.19. The molecule has 1 aromatic carbocycles. The normalized spacial score (nSPS) is 14.6. The topological polar surface area (TPSA) is 41.5 Å². The summed E-state index contributed by atoms with van der Waals surface area (Å²) < 4.78 is 5.31. The largest absolute Gasteiger partial charge is 0.387 e. The van der Waals surface area contributed by atoms with Gasteiger partial charge >= 0.3 is 0 Å². The molecule has 2 unspecified atom stereocenters. The Balaban J connectivity index is 2.39. The molecule has 0 aliphatic heterocycles. The predicted molar refractivity (Wildman–Crippen MR) is 70.1 cm³/mol. The zero-order valence-electron chi connectivity index (χ0n) is 10.9. The third-order valence-corrected chi connectivity index (χ3v) is 2.78. The van der Waals surface area contributed by atoms with Crippen molar-refractivity contribution in [3.63, 3.8) is 0 Å². The lowest BCUT2D eigenvalue weighted by Gasteiger charge is -2.18. The highest BCUT2D eigenvalue weighted by Gasteiger charge is 2.10. The average Bonchev–Trinajstić information content (AvgIpc) is 2.34. The second-order valence-electron chi connectivity index (χ2n) is 4.34. The van der Waals surface area contributed by atoms with Crippen molar-refractivity contribution in [3.05, 3.63) is 35.4 Å². The number of ether oxygens (including phenoxy) is 1. The van der Waals surface area contributed by atoms with Crippen molar-refractivity contribution in [1.29, 1.82) is 0 Å². The summed E-state index contributed by atoms with van der Waals surface area (Å²) in [6, 6.07) is 8.18. The van der Waals surface area contributed by atoms with Gasteiger partial charge in [-0.3, -0.25) is 0 Å². The average molecular weight is 237 g/mol. The van der Waals surface area contributed by atoms with E-state index in [9.17, 15) is 5.11 Å². The van der Waals surface area contributed by atoms with Crippen LogP contribution in [0.3, 0.4) is 0 Å². The number of hydrogen-bond donors (Lipinski definition) is 2. The second-order valence-corrected chi connectivity index (χ2v) is 4.34. The Hall–Kier alpha value is -0.900. The van der Waals surface area contributed by atoms with E-state index in [1.807, 2.05) is 38.1 Å². The maximum absolute atomic E-state index is 10.1. The molecule has 0 bridgehead atoms. The van der Waals surface area contributed by atoms with Crippen LogP contribution in [0.15, 0.2) is 24.3 Å². The zero-order valence-corrected chi connectivity index (χ0v) is 10.9. The molecule has 0 saturated carbocycles. The number of rotatable bonds is 7. The van der Waals surface area contributed by atoms with Crippen LogP contribution in [0, 0.1) is 6.92 Å². The summed E-state index contributed by atoms with van der Waals surface area (Å²) >= 11 is 0. The summed E-state index contributed by atoms with van der Waals surface area (Å²) in [6.07, 6.45) is -0.458. The molecular weight excluding hydrogens is 214 g/mol. The van der Waals surface area contributed by atoms with E-state index >= 15 is 0 Å². The van der Waals surface area contributed by atoms with Crippen molar-refractivity contribution in [2.75, 3.05) is 19.8 Å². The van der Waals surface area contributed by atoms with Crippen molar-refractivity contribution in [3.8, 4) is 0 Å². The van der Waals surface area contributed by atoms with Crippen molar-refractivity contribution in [2.45, 2.75) is 32.9 Å². The van der Waals surface area contributed by atoms with Crippen LogP contribution in [0.2, 0.25) is 0 Å². The molecule has 0 aliphatic rings. The van der Waals surface area contributed by atoms with Crippen LogP contribution in [0.4, 0.5) is 0 Å². The summed E-state index contributed by atoms with van der Waals surface area (Å²) in [5.74, 6) is 0. The van der Waals surface area contributed by atoms with E-state index in [1.165, 1.54) is 0 Å². The van der Waals surface area contributed by atoms with Crippen molar-refractivity contribution in [2.24, 2.45) is 0 Å². The van der Waals surface area contributed by atoms with Crippen LogP contribution < -0.4 is 5.32 Å². The second kappa shape index (κ2) is 7.43. The molecule has 0 saturated heterocycles. The first kappa shape index (κ1) is 14.2. The van der Waals surface area contributed by atoms with Gasteiger partial charge in [-0.2, -0.15) is 0 Å². The molecule has 3 nitrogen and oxygen atoms in total. The summed E-state index contributed by atoms with van der Waals surface area (Å²) in [6.45, 7) is 8.01. The summed E-state index contributed by atoms with van der Waals surface area (Å²) in [5.41, 5.74) is 2.11. The molecule has 0 spiro atoms. The van der Waals surface area contributed by atoms with E-state index in [2.05, 4.69) is 12.2 Å². The smallest absolute Gasteiger partial charge is 0.0917 e. The molecule has 1 rings (SSSR count). The molecular formula is C14H23NO2. The first-order chi connectivity index (χ1) is 8.15. The fraction of sp³-hybridized carbons (Fsp3) is 0.571. The van der Waals surface area contributed by atoms with E-state index in [-0.39, 0.29) is 6.04 Å². The van der Waals surface area contributed by atoms with Gasteiger partial charge in [-0.05, 0) is 31.9 Å². The van der Waals surface area contributed by atoms with Crippen molar-refractivity contribution < 1.29 is 9.84 Å². The summed E-state index contributed by atoms with van der Waals surface area (Å²) in [7, 11) is 0. The lowest BCUT2D eigenvalue weighted by Crippen LogP contribution is -2.34. The molecule has 3 heteroatoms. The first-order valence-corrected chi connectivity index (χ1v) is 6.19. The highest BCUT2D eigenvalue weighted by Crippen LogP contribution is 2.16. The molecule has 1 aromatic rings. The van der Waals surface area contributed by atoms with E-state index in [0.29, 0.717) is 13.2 Å². The molecule has 0 aliphatic carbocycles. The van der Waals surface area contributed by atoms with E-state index in [1.54, 1.807) is 0 Å². The Kier molecular flexibility index (Phi) is 6.19. The Bertz CT molecular complexity index is 328. The summed E-state index contributed by atoms with van der Waals surface area (Å²) in [5, 5.41) is 13.3. The number of aliphatic hydroxyl groups is 1. The number of hydrogen-bond acceptors (Lipinski definition) is 3. The molecule has 0 radical (unpaired) electrons. The van der Waals surface area contributed by atoms with Gasteiger partial charge in [0.15, 0.2) is 0 Å². The Morgan fingerprint density at radius 1 is 1.35 bits per heavy atom. The standard InChI is InChI=1S/C14H23NO2/c1-4-17-10-12(3)15-9-14(16)13-8-6-5-7-11(13)2/h5-8,12,14-16H,4,9-10H2,1-3H3. The monoisotopic (exact) mass is 237 g/mol. The molecule has 0 fully saturated rings. The van der Waals surface area contributed by atoms with Gasteiger partial charge in [-0.15, -0.1) is 0 Å². The minimum Gasteiger partial charge on any atom is -0.387 e. The lowest BCUT2D eigenvalue weighted by atomic mass is 10.0. The molecule has 2 N–H and O–H groups in total. The molecule has 0 heterocycles. The highest BCUT2D eigenvalue weighted by molar-refractivity contribution is 5.27. The number of benzene rings is 1. The Labute approximate surface area is 104 Å². The van der Waals surface area contributed by atoms with Gasteiger partial charge in [0.2, 0.25) is 0 Å². The zero-order chi connectivity index (χ0) is 12.7. The Morgan fingerprint density at radius 3 is 2.71 bits per heavy atom. The third-order valence-electron chi connectivity index (χ3n) is 2.78. The van der Waals surface area contributed by atoms with Crippen LogP contribution in [-0.2, 0) is 4.74 Å². The molecule has 96 valence electrons. The minimum absolute atomic E-state index is 0.258. The maximum Gasteiger partial charge on any atom is 0.0917 e. The van der Waals surface area contributed by atoms with E-state index in [4.69, 9.17) is 4.74 Å². The summed E-state index contributed by atoms with van der Waals surface area (Å²) in [4.78, 5) is 0. The molecule has 2 atom stereocenters. The van der Waals surface area contributed by atoms with Gasteiger partial charge < -0.3 is 15.2 Å². The van der Waals surface area contributed by atoms with Crippen LogP contribution >= 0.6 is 0 Å². The van der Waals surface area contributed by atoms with Crippen LogP contribution in [-0.4, -0.2) is 30.9 Å². The van der Waals surface area contributed by atoms with Gasteiger partial charge in [-0.25, -0.2) is 0 Å². The lowest BCUT2D eigenvalue weighted by molar-refractivity contribution is 0.115. The van der Waals surface area contributed by atoms with Crippen molar-refractivity contribution in [1.82, 2.24) is 5.32 Å². The van der Waals surface area contributed by atoms with Gasteiger partial charge in [0.1, 0.15) is 0 Å². The van der Waals surface area contributed by atoms with Crippen molar-refractivity contribution >= 4 is 0 Å². The fourth-order valence-corrected chi connectivity index (χ4v) is 1.74. The number of aryl methyl sites for hydroxylation is 1. The van der Waals surface area contributed by atoms with E-state index < -0.39 is 6.10 Å². The quantitative estimate of drug-likeness (QED) is 0.762. The van der Waals surface area contributed by atoms with Gasteiger partial charge in [0.05, 0.1) is 12.7 Å². The number of nitrogens with one attached hydrogen (secondary N) is 1. The Morgan fingerprint density at radius 2 is 2.06 bits per heavy atom. The SMILES string of the molecule is CCOCC(C)NCC(O)c1ccccc1C. The van der Waals surface area contributed by atoms with Crippen LogP contribution in [0.5, 0.6) is 0 Å². The molecule has 0 amide bonds. The molecule has 17 heavy (non-hydrogen) atoms. The third kappa shape index (κ3) is 4.86. The van der Waals surface area contributed by atoms with Gasteiger partial charge in [0.25, 0.3) is 0 Å². The highest BCUT2D eigenvalue weighted by atomic mass is 16.5. The van der Waals surface area contributed by atoms with Gasteiger partial charge in [-0.1, -0.05) is 24.3 Å². The number of aliphatic hydroxyl groups excluding tert-OH is 1. The minimum atomic E-state index is -0.458. The van der Waals surface area contributed by atoms with Gasteiger partial charge in [0, 0.05) is 19.2 Å². The van der Waals surface area contributed by atoms with Crippen LogP contribution in [0.25, 0.3) is 0 Å².